The minimum atomic E-state index is -0.573. The van der Waals surface area contributed by atoms with Crippen molar-refractivity contribution >= 4 is 23.3 Å². The minimum Gasteiger partial charge on any atom is -0.465 e. The molecular formula is C19H22N2O4. The summed E-state index contributed by atoms with van der Waals surface area (Å²) in [5, 5.41) is 2.87. The first-order valence-corrected chi connectivity index (χ1v) is 7.93. The number of esters is 1. The van der Waals surface area contributed by atoms with Crippen molar-refractivity contribution in [2.75, 3.05) is 12.4 Å². The number of rotatable bonds is 5. The number of hydrogen-bond acceptors (Lipinski definition) is 4. The van der Waals surface area contributed by atoms with Crippen molar-refractivity contribution in [3.8, 4) is 0 Å². The van der Waals surface area contributed by atoms with Crippen molar-refractivity contribution in [3.05, 3.63) is 51.8 Å². The molecule has 1 amide bonds. The first-order chi connectivity index (χ1) is 11.8. The lowest BCUT2D eigenvalue weighted by atomic mass is 10.1. The van der Waals surface area contributed by atoms with E-state index in [1.54, 1.807) is 6.92 Å². The molecule has 0 radical (unpaired) electrons. The van der Waals surface area contributed by atoms with Gasteiger partial charge in [-0.2, -0.15) is 0 Å². The van der Waals surface area contributed by atoms with Gasteiger partial charge in [-0.1, -0.05) is 18.2 Å². The number of hydrogen-bond donors (Lipinski definition) is 2. The number of carbonyl (C=O) groups excluding carboxylic acids is 3. The summed E-state index contributed by atoms with van der Waals surface area (Å²) >= 11 is 0. The summed E-state index contributed by atoms with van der Waals surface area (Å²) in [7, 11) is 1.27. The molecule has 0 aliphatic carbocycles. The highest BCUT2D eigenvalue weighted by Crippen LogP contribution is 2.23. The summed E-state index contributed by atoms with van der Waals surface area (Å²) in [5.74, 6) is -1.06. The Balaban J connectivity index is 2.33. The first kappa shape index (κ1) is 18.4. The number of benzene rings is 1. The smallest absolute Gasteiger partial charge is 0.339 e. The molecule has 0 atom stereocenters. The van der Waals surface area contributed by atoms with Gasteiger partial charge in [0.25, 0.3) is 0 Å². The van der Waals surface area contributed by atoms with E-state index in [0.717, 1.165) is 16.8 Å². The molecule has 2 rings (SSSR count). The minimum absolute atomic E-state index is 0.0632. The van der Waals surface area contributed by atoms with E-state index in [4.69, 9.17) is 4.74 Å². The van der Waals surface area contributed by atoms with Crippen molar-refractivity contribution in [2.45, 2.75) is 34.1 Å². The van der Waals surface area contributed by atoms with Crippen LogP contribution in [0.4, 0.5) is 5.69 Å². The van der Waals surface area contributed by atoms with Gasteiger partial charge in [-0.05, 0) is 37.5 Å². The molecular weight excluding hydrogens is 320 g/mol. The number of ether oxygens (including phenoxy) is 1. The third-order valence-electron chi connectivity index (χ3n) is 4.15. The third kappa shape index (κ3) is 3.79. The standard InChI is InChI=1S/C19H22N2O4/c1-10-7-6-8-11(2)17(10)21-15(23)9-14-16(19(24)25-5)12(3)18(20-14)13(4)22/h6-8,20H,9H2,1-5H3,(H,21,23). The fraction of sp³-hybridized carbons (Fsp3) is 0.316. The first-order valence-electron chi connectivity index (χ1n) is 7.93. The number of para-hydroxylation sites is 1. The second-order valence-electron chi connectivity index (χ2n) is 6.02. The van der Waals surface area contributed by atoms with Gasteiger partial charge in [-0.25, -0.2) is 4.79 Å². The van der Waals surface area contributed by atoms with Crippen LogP contribution in [-0.4, -0.2) is 29.8 Å². The number of Topliss-reactive ketones (excluding diaryl/α,β-unsaturated/α-hetero) is 1. The van der Waals surface area contributed by atoms with Gasteiger partial charge in [0.1, 0.15) is 0 Å². The third-order valence-corrected chi connectivity index (χ3v) is 4.15. The molecule has 0 aliphatic rings. The lowest BCUT2D eigenvalue weighted by Gasteiger charge is -2.11. The predicted molar refractivity (Wildman–Crippen MR) is 95.1 cm³/mol. The maximum Gasteiger partial charge on any atom is 0.339 e. The number of carbonyl (C=O) groups is 3. The number of aryl methyl sites for hydroxylation is 2. The number of aromatic nitrogens is 1. The van der Waals surface area contributed by atoms with Crippen LogP contribution in [0.25, 0.3) is 0 Å². The van der Waals surface area contributed by atoms with E-state index in [0.29, 0.717) is 17.0 Å². The Hall–Kier alpha value is -2.89. The summed E-state index contributed by atoms with van der Waals surface area (Å²) in [5.41, 5.74) is 4.08. The van der Waals surface area contributed by atoms with Crippen molar-refractivity contribution in [1.29, 1.82) is 0 Å². The van der Waals surface area contributed by atoms with Gasteiger partial charge in [0.15, 0.2) is 5.78 Å². The van der Waals surface area contributed by atoms with Gasteiger partial charge in [-0.15, -0.1) is 0 Å². The summed E-state index contributed by atoms with van der Waals surface area (Å²) in [6, 6.07) is 5.74. The van der Waals surface area contributed by atoms with Crippen molar-refractivity contribution < 1.29 is 19.1 Å². The van der Waals surface area contributed by atoms with E-state index < -0.39 is 5.97 Å². The zero-order valence-corrected chi connectivity index (χ0v) is 15.1. The number of H-pyrrole nitrogens is 1. The van der Waals surface area contributed by atoms with Crippen LogP contribution in [0.5, 0.6) is 0 Å². The monoisotopic (exact) mass is 342 g/mol. The molecule has 2 aromatic rings. The largest absolute Gasteiger partial charge is 0.465 e. The summed E-state index contributed by atoms with van der Waals surface area (Å²) in [6.07, 6.45) is -0.0632. The summed E-state index contributed by atoms with van der Waals surface area (Å²) in [4.78, 5) is 39.1. The molecule has 132 valence electrons. The molecule has 1 aromatic carbocycles. The van der Waals surface area contributed by atoms with Crippen molar-refractivity contribution in [1.82, 2.24) is 4.98 Å². The molecule has 0 bridgehead atoms. The second-order valence-corrected chi connectivity index (χ2v) is 6.02. The normalized spacial score (nSPS) is 10.4. The Labute approximate surface area is 146 Å². The van der Waals surface area contributed by atoms with E-state index in [2.05, 4.69) is 10.3 Å². The molecule has 6 nitrogen and oxygen atoms in total. The molecule has 0 aliphatic heterocycles. The molecule has 1 heterocycles. The van der Waals surface area contributed by atoms with Crippen LogP contribution in [0.2, 0.25) is 0 Å². The van der Waals surface area contributed by atoms with E-state index in [9.17, 15) is 14.4 Å². The van der Waals surface area contributed by atoms with Crippen LogP contribution in [0.3, 0.4) is 0 Å². The topological polar surface area (TPSA) is 88.3 Å². The van der Waals surface area contributed by atoms with Gasteiger partial charge >= 0.3 is 5.97 Å². The zero-order chi connectivity index (χ0) is 18.7. The van der Waals surface area contributed by atoms with E-state index in [1.807, 2.05) is 32.0 Å². The number of aromatic amines is 1. The second kappa shape index (κ2) is 7.34. The highest BCUT2D eigenvalue weighted by molar-refractivity contribution is 6.02. The molecule has 2 N–H and O–H groups in total. The molecule has 1 aromatic heterocycles. The Morgan fingerprint density at radius 1 is 1.12 bits per heavy atom. The molecule has 0 saturated carbocycles. The molecule has 0 spiro atoms. The molecule has 0 fully saturated rings. The van der Waals surface area contributed by atoms with Crippen LogP contribution in [0.15, 0.2) is 18.2 Å². The Morgan fingerprint density at radius 2 is 1.72 bits per heavy atom. The molecule has 6 heteroatoms. The van der Waals surface area contributed by atoms with E-state index in [-0.39, 0.29) is 23.7 Å². The maximum absolute atomic E-state index is 12.5. The van der Waals surface area contributed by atoms with Crippen LogP contribution < -0.4 is 5.32 Å². The zero-order valence-electron chi connectivity index (χ0n) is 15.1. The average molecular weight is 342 g/mol. The number of nitrogens with one attached hydrogen (secondary N) is 2. The molecule has 0 saturated heterocycles. The average Bonchev–Trinajstić information content (AvgIpc) is 2.87. The quantitative estimate of drug-likeness (QED) is 0.645. The molecule has 25 heavy (non-hydrogen) atoms. The van der Waals surface area contributed by atoms with Gasteiger partial charge in [0.05, 0.1) is 24.8 Å². The summed E-state index contributed by atoms with van der Waals surface area (Å²) in [6.45, 7) is 6.89. The number of methoxy groups -OCH3 is 1. The lowest BCUT2D eigenvalue weighted by Crippen LogP contribution is -2.18. The fourth-order valence-electron chi connectivity index (χ4n) is 2.88. The van der Waals surface area contributed by atoms with Gasteiger partial charge in [0.2, 0.25) is 5.91 Å². The van der Waals surface area contributed by atoms with Gasteiger partial charge < -0.3 is 15.0 Å². The van der Waals surface area contributed by atoms with Crippen molar-refractivity contribution in [3.63, 3.8) is 0 Å². The Kier molecular flexibility index (Phi) is 5.41. The van der Waals surface area contributed by atoms with Crippen LogP contribution >= 0.6 is 0 Å². The van der Waals surface area contributed by atoms with Crippen LogP contribution in [-0.2, 0) is 16.0 Å². The SMILES string of the molecule is COC(=O)c1c(CC(=O)Nc2c(C)cccc2C)[nH]c(C(C)=O)c1C. The van der Waals surface area contributed by atoms with Crippen molar-refractivity contribution in [2.24, 2.45) is 0 Å². The fourth-order valence-corrected chi connectivity index (χ4v) is 2.88. The van der Waals surface area contributed by atoms with Gasteiger partial charge in [-0.3, -0.25) is 9.59 Å². The Morgan fingerprint density at radius 3 is 2.24 bits per heavy atom. The molecule has 0 unspecified atom stereocenters. The highest BCUT2D eigenvalue weighted by Gasteiger charge is 2.24. The highest BCUT2D eigenvalue weighted by atomic mass is 16.5. The maximum atomic E-state index is 12.5. The van der Waals surface area contributed by atoms with Crippen LogP contribution in [0.1, 0.15) is 50.2 Å². The Bertz CT molecular complexity index is 829. The van der Waals surface area contributed by atoms with E-state index in [1.165, 1.54) is 14.0 Å². The lowest BCUT2D eigenvalue weighted by molar-refractivity contribution is -0.115. The van der Waals surface area contributed by atoms with Gasteiger partial charge in [0, 0.05) is 18.3 Å². The number of anilines is 1. The predicted octanol–water partition coefficient (Wildman–Crippen LogP) is 3.11. The summed E-state index contributed by atoms with van der Waals surface area (Å²) < 4.78 is 4.79. The number of ketones is 1. The van der Waals surface area contributed by atoms with Crippen LogP contribution in [0, 0.1) is 20.8 Å². The van der Waals surface area contributed by atoms with E-state index >= 15 is 0 Å². The number of amides is 1.